The van der Waals surface area contributed by atoms with Crippen molar-refractivity contribution in [1.82, 2.24) is 0 Å². The molecule has 14 heavy (non-hydrogen) atoms. The lowest BCUT2D eigenvalue weighted by atomic mass is 10.0. The third-order valence-electron chi connectivity index (χ3n) is 1.81. The molecule has 4 nitrogen and oxygen atoms in total. The molecule has 2 unspecified atom stereocenters. The van der Waals surface area contributed by atoms with E-state index in [2.05, 4.69) is 0 Å². The first-order chi connectivity index (χ1) is 6.36. The summed E-state index contributed by atoms with van der Waals surface area (Å²) < 4.78 is 4.79. The van der Waals surface area contributed by atoms with Crippen LogP contribution >= 0.6 is 0 Å². The fourth-order valence-electron chi connectivity index (χ4n) is 0.838. The Balaban J connectivity index is 3.99. The lowest BCUT2D eigenvalue weighted by molar-refractivity contribution is -0.162. The molecule has 0 aromatic carbocycles. The summed E-state index contributed by atoms with van der Waals surface area (Å²) in [6.45, 7) is 7.52. The van der Waals surface area contributed by atoms with E-state index in [0.717, 1.165) is 0 Å². The summed E-state index contributed by atoms with van der Waals surface area (Å²) in [5, 5.41) is 18.7. The van der Waals surface area contributed by atoms with Crippen LogP contribution in [0.5, 0.6) is 0 Å². The van der Waals surface area contributed by atoms with Gasteiger partial charge in [-0.25, -0.2) is 4.79 Å². The van der Waals surface area contributed by atoms with Gasteiger partial charge in [0.2, 0.25) is 0 Å². The molecule has 0 heterocycles. The van der Waals surface area contributed by atoms with Crippen molar-refractivity contribution in [3.05, 3.63) is 0 Å². The van der Waals surface area contributed by atoms with Crippen LogP contribution in [0, 0.1) is 11.8 Å². The number of carbonyl (C=O) groups excluding carboxylic acids is 1. The van der Waals surface area contributed by atoms with E-state index < -0.39 is 18.2 Å². The summed E-state index contributed by atoms with van der Waals surface area (Å²) in [7, 11) is 0. The Kier molecular flexibility index (Phi) is 5.72. The minimum atomic E-state index is -1.44. The third-order valence-corrected chi connectivity index (χ3v) is 1.81. The Morgan fingerprint density at radius 3 is 2.07 bits per heavy atom. The maximum Gasteiger partial charge on any atom is 0.337 e. The molecule has 0 fully saturated rings. The fraction of sp³-hybridized carbons (Fsp3) is 0.900. The van der Waals surface area contributed by atoms with Gasteiger partial charge in [-0.3, -0.25) is 0 Å². The zero-order valence-corrected chi connectivity index (χ0v) is 9.23. The van der Waals surface area contributed by atoms with Crippen molar-refractivity contribution >= 4 is 5.97 Å². The van der Waals surface area contributed by atoms with Crippen LogP contribution in [0.3, 0.4) is 0 Å². The molecule has 0 saturated heterocycles. The Morgan fingerprint density at radius 1 is 1.21 bits per heavy atom. The Labute approximate surface area is 84.9 Å². The Hall–Kier alpha value is -0.610. The molecule has 2 atom stereocenters. The number of aliphatic hydroxyl groups excluding tert-OH is 2. The standard InChI is InChI=1S/C10H20O4/c1-6(2)5-14-10(13)9(12)8(11)7(3)4/h6-9,11-12H,5H2,1-4H3. The molecule has 84 valence electrons. The second-order valence-electron chi connectivity index (χ2n) is 4.20. The fourth-order valence-corrected chi connectivity index (χ4v) is 0.838. The normalized spacial score (nSPS) is 15.7. The number of esters is 1. The van der Waals surface area contributed by atoms with Gasteiger partial charge in [-0.2, -0.15) is 0 Å². The van der Waals surface area contributed by atoms with Gasteiger partial charge in [0.05, 0.1) is 12.7 Å². The minimum absolute atomic E-state index is 0.170. The van der Waals surface area contributed by atoms with Gasteiger partial charge >= 0.3 is 5.97 Å². The first-order valence-electron chi connectivity index (χ1n) is 4.89. The summed E-state index contributed by atoms with van der Waals surface area (Å²) in [4.78, 5) is 11.2. The van der Waals surface area contributed by atoms with Crippen LogP contribution in [0.15, 0.2) is 0 Å². The van der Waals surface area contributed by atoms with Gasteiger partial charge in [0.15, 0.2) is 6.10 Å². The highest BCUT2D eigenvalue weighted by Crippen LogP contribution is 2.08. The van der Waals surface area contributed by atoms with Crippen molar-refractivity contribution in [2.75, 3.05) is 6.61 Å². The summed E-state index contributed by atoms with van der Waals surface area (Å²) in [5.74, 6) is -0.696. The zero-order chi connectivity index (χ0) is 11.3. The second kappa shape index (κ2) is 5.98. The number of hydrogen-bond acceptors (Lipinski definition) is 4. The van der Waals surface area contributed by atoms with E-state index in [-0.39, 0.29) is 18.4 Å². The summed E-state index contributed by atoms with van der Waals surface area (Å²) in [6, 6.07) is 0. The number of ether oxygens (including phenoxy) is 1. The van der Waals surface area contributed by atoms with Crippen molar-refractivity contribution in [2.45, 2.75) is 39.9 Å². The highest BCUT2D eigenvalue weighted by Gasteiger charge is 2.27. The van der Waals surface area contributed by atoms with Crippen molar-refractivity contribution < 1.29 is 19.7 Å². The van der Waals surface area contributed by atoms with Crippen LogP contribution in [0.4, 0.5) is 0 Å². The van der Waals surface area contributed by atoms with Crippen LogP contribution < -0.4 is 0 Å². The maximum absolute atomic E-state index is 11.2. The molecule has 0 saturated carbocycles. The van der Waals surface area contributed by atoms with Gasteiger partial charge in [-0.05, 0) is 11.8 Å². The Bertz CT molecular complexity index is 177. The topological polar surface area (TPSA) is 66.8 Å². The largest absolute Gasteiger partial charge is 0.463 e. The van der Waals surface area contributed by atoms with Gasteiger partial charge in [-0.15, -0.1) is 0 Å². The van der Waals surface area contributed by atoms with Gasteiger partial charge in [0, 0.05) is 0 Å². The number of hydrogen-bond donors (Lipinski definition) is 2. The molecule has 0 aromatic heterocycles. The average Bonchev–Trinajstić information content (AvgIpc) is 2.11. The molecule has 0 rings (SSSR count). The molecule has 0 aliphatic heterocycles. The smallest absolute Gasteiger partial charge is 0.337 e. The van der Waals surface area contributed by atoms with Crippen molar-refractivity contribution in [1.29, 1.82) is 0 Å². The predicted octanol–water partition coefficient (Wildman–Crippen LogP) is 0.563. The number of aliphatic hydroxyl groups is 2. The second-order valence-corrected chi connectivity index (χ2v) is 4.20. The molecule has 0 bridgehead atoms. The molecule has 0 aliphatic carbocycles. The van der Waals surface area contributed by atoms with Crippen molar-refractivity contribution in [3.63, 3.8) is 0 Å². The first-order valence-corrected chi connectivity index (χ1v) is 4.89. The molecule has 4 heteroatoms. The summed E-state index contributed by atoms with van der Waals surface area (Å²) >= 11 is 0. The minimum Gasteiger partial charge on any atom is -0.463 e. The molecular weight excluding hydrogens is 184 g/mol. The van der Waals surface area contributed by atoms with Crippen LogP contribution in [0.1, 0.15) is 27.7 Å². The average molecular weight is 204 g/mol. The van der Waals surface area contributed by atoms with Crippen LogP contribution in [-0.2, 0) is 9.53 Å². The lowest BCUT2D eigenvalue weighted by Crippen LogP contribution is -2.39. The SMILES string of the molecule is CC(C)COC(=O)C(O)C(O)C(C)C. The lowest BCUT2D eigenvalue weighted by Gasteiger charge is -2.20. The molecular formula is C10H20O4. The molecule has 2 N–H and O–H groups in total. The van der Waals surface area contributed by atoms with Gasteiger partial charge in [0.25, 0.3) is 0 Å². The van der Waals surface area contributed by atoms with Crippen LogP contribution in [0.25, 0.3) is 0 Å². The maximum atomic E-state index is 11.2. The molecule has 0 spiro atoms. The molecule has 0 aromatic rings. The summed E-state index contributed by atoms with van der Waals surface area (Å²) in [6.07, 6.45) is -2.50. The number of rotatable bonds is 5. The van der Waals surface area contributed by atoms with E-state index in [9.17, 15) is 15.0 Å². The predicted molar refractivity (Wildman–Crippen MR) is 52.6 cm³/mol. The van der Waals surface area contributed by atoms with Crippen molar-refractivity contribution in [3.8, 4) is 0 Å². The third kappa shape index (κ3) is 4.58. The van der Waals surface area contributed by atoms with E-state index >= 15 is 0 Å². The highest BCUT2D eigenvalue weighted by atomic mass is 16.5. The quantitative estimate of drug-likeness (QED) is 0.642. The summed E-state index contributed by atoms with van der Waals surface area (Å²) in [5.41, 5.74) is 0. The highest BCUT2D eigenvalue weighted by molar-refractivity contribution is 5.75. The van der Waals surface area contributed by atoms with E-state index in [1.807, 2.05) is 13.8 Å². The van der Waals surface area contributed by atoms with Crippen LogP contribution in [0.2, 0.25) is 0 Å². The van der Waals surface area contributed by atoms with Gasteiger partial charge < -0.3 is 14.9 Å². The first kappa shape index (κ1) is 13.4. The number of carbonyl (C=O) groups is 1. The van der Waals surface area contributed by atoms with Crippen LogP contribution in [-0.4, -0.2) is 35.0 Å². The van der Waals surface area contributed by atoms with E-state index in [0.29, 0.717) is 0 Å². The van der Waals surface area contributed by atoms with Crippen molar-refractivity contribution in [2.24, 2.45) is 11.8 Å². The van der Waals surface area contributed by atoms with E-state index in [4.69, 9.17) is 4.74 Å². The zero-order valence-electron chi connectivity index (χ0n) is 9.23. The van der Waals surface area contributed by atoms with Gasteiger partial charge in [-0.1, -0.05) is 27.7 Å². The van der Waals surface area contributed by atoms with Gasteiger partial charge in [0.1, 0.15) is 0 Å². The van der Waals surface area contributed by atoms with E-state index in [1.165, 1.54) is 0 Å². The monoisotopic (exact) mass is 204 g/mol. The molecule has 0 amide bonds. The Morgan fingerprint density at radius 2 is 1.71 bits per heavy atom. The van der Waals surface area contributed by atoms with E-state index in [1.54, 1.807) is 13.8 Å². The molecule has 0 aliphatic rings. The molecule has 0 radical (unpaired) electrons.